The van der Waals surface area contributed by atoms with E-state index in [9.17, 15) is 20.4 Å². The highest BCUT2D eigenvalue weighted by molar-refractivity contribution is 5.51. The number of fused-ring (bicyclic) bond motifs is 1. The topological polar surface area (TPSA) is 99.4 Å². The van der Waals surface area contributed by atoms with Gasteiger partial charge in [0.15, 0.2) is 0 Å². The van der Waals surface area contributed by atoms with Gasteiger partial charge in [0, 0.05) is 0 Å². The van der Waals surface area contributed by atoms with Crippen LogP contribution >= 0.6 is 0 Å². The highest BCUT2D eigenvalue weighted by Gasteiger charge is 2.45. The minimum Gasteiger partial charge on any atom is -0.494 e. The maximum Gasteiger partial charge on any atom is 0.119 e. The molecule has 1 saturated heterocycles. The molecule has 0 aromatic heterocycles. The van der Waals surface area contributed by atoms with Gasteiger partial charge >= 0.3 is 0 Å². The molecule has 4 N–H and O–H groups in total. The molecule has 0 amide bonds. The van der Waals surface area contributed by atoms with Gasteiger partial charge in [0.1, 0.15) is 36.3 Å². The van der Waals surface area contributed by atoms with Crippen molar-refractivity contribution in [1.82, 2.24) is 0 Å². The summed E-state index contributed by atoms with van der Waals surface area (Å²) in [5.41, 5.74) is 7.08. The number of ether oxygens (including phenoxy) is 2. The molecule has 1 aliphatic heterocycles. The van der Waals surface area contributed by atoms with Gasteiger partial charge in [0.2, 0.25) is 0 Å². The highest BCUT2D eigenvalue weighted by atomic mass is 16.5. The van der Waals surface area contributed by atoms with E-state index in [1.54, 1.807) is 0 Å². The summed E-state index contributed by atoms with van der Waals surface area (Å²) in [5.74, 6) is 0.852. The van der Waals surface area contributed by atoms with Gasteiger partial charge in [-0.05, 0) is 84.5 Å². The number of aliphatic hydroxyl groups excluding tert-OH is 4. The van der Waals surface area contributed by atoms with Gasteiger partial charge in [-0.25, -0.2) is 0 Å². The first kappa shape index (κ1) is 23.2. The van der Waals surface area contributed by atoms with Gasteiger partial charge in [-0.3, -0.25) is 0 Å². The van der Waals surface area contributed by atoms with E-state index in [-0.39, 0.29) is 0 Å². The summed E-state index contributed by atoms with van der Waals surface area (Å²) in [4.78, 5) is 0. The number of aliphatic hydroxyl groups is 4. The van der Waals surface area contributed by atoms with Crippen LogP contribution in [0.4, 0.5) is 0 Å². The minimum atomic E-state index is -1.38. The Bertz CT molecular complexity index is 923. The van der Waals surface area contributed by atoms with E-state index in [4.69, 9.17) is 9.47 Å². The lowest BCUT2D eigenvalue weighted by Crippen LogP contribution is -2.55. The van der Waals surface area contributed by atoms with Gasteiger partial charge in [0.05, 0.1) is 13.2 Å². The summed E-state index contributed by atoms with van der Waals surface area (Å²) in [6.45, 7) is 4.27. The zero-order valence-electron chi connectivity index (χ0n) is 18.8. The van der Waals surface area contributed by atoms with Crippen LogP contribution in [0.3, 0.4) is 0 Å². The third-order valence-corrected chi connectivity index (χ3v) is 6.83. The van der Waals surface area contributed by atoms with Crippen LogP contribution in [0.15, 0.2) is 30.3 Å². The van der Waals surface area contributed by atoms with Crippen LogP contribution in [0.25, 0.3) is 0 Å². The first-order valence-electron chi connectivity index (χ1n) is 11.7. The smallest absolute Gasteiger partial charge is 0.119 e. The van der Waals surface area contributed by atoms with Crippen molar-refractivity contribution in [3.05, 3.63) is 63.7 Å². The number of hydrogen-bond acceptors (Lipinski definition) is 6. The molecule has 0 spiro atoms. The predicted molar refractivity (Wildman–Crippen MR) is 121 cm³/mol. The Labute approximate surface area is 189 Å². The monoisotopic (exact) mass is 442 g/mol. The van der Waals surface area contributed by atoms with Crippen LogP contribution in [-0.2, 0) is 30.4 Å². The maximum absolute atomic E-state index is 10.8. The number of hydrogen-bond donors (Lipinski definition) is 4. The average molecular weight is 443 g/mol. The second-order valence-electron chi connectivity index (χ2n) is 8.77. The summed E-state index contributed by atoms with van der Waals surface area (Å²) in [5, 5.41) is 41.0. The fourth-order valence-corrected chi connectivity index (χ4v) is 5.25. The Morgan fingerprint density at radius 2 is 1.69 bits per heavy atom. The van der Waals surface area contributed by atoms with E-state index in [2.05, 4.69) is 25.1 Å². The summed E-state index contributed by atoms with van der Waals surface area (Å²) in [7, 11) is 0. The summed E-state index contributed by atoms with van der Waals surface area (Å²) >= 11 is 0. The standard InChI is InChI=1S/C26H34O6/c1-3-18-20-7-5-6-19(20)16(12-15-8-10-17(11-9-15)31-4-2)13-21(18)26-25(30)24(29)23(28)22(14-27)32-26/h8-11,13,22-30H,3-7,12,14H2,1-2H3/t22-,23-,24+,25-,26+/m1/s1. The van der Waals surface area contributed by atoms with Gasteiger partial charge < -0.3 is 29.9 Å². The third kappa shape index (κ3) is 4.30. The Kier molecular flexibility index (Phi) is 7.17. The van der Waals surface area contributed by atoms with E-state index >= 15 is 0 Å². The molecule has 0 radical (unpaired) electrons. The normalized spacial score (nSPS) is 27.4. The van der Waals surface area contributed by atoms with Crippen LogP contribution in [0, 0.1) is 0 Å². The SMILES string of the molecule is CCOc1ccc(Cc2cc([C@@H]3O[C@H](CO)[C@@H](O)[C@H](O)[C@H]3O)c(CC)c3c2CCC3)cc1. The molecular formula is C26H34O6. The maximum atomic E-state index is 10.8. The lowest BCUT2D eigenvalue weighted by Gasteiger charge is -2.41. The molecule has 0 bridgehead atoms. The average Bonchev–Trinajstić information content (AvgIpc) is 3.29. The molecule has 174 valence electrons. The van der Waals surface area contributed by atoms with Crippen molar-refractivity contribution in [2.24, 2.45) is 0 Å². The van der Waals surface area contributed by atoms with Crippen molar-refractivity contribution in [1.29, 1.82) is 0 Å². The third-order valence-electron chi connectivity index (χ3n) is 6.83. The first-order valence-corrected chi connectivity index (χ1v) is 11.7. The van der Waals surface area contributed by atoms with E-state index in [0.717, 1.165) is 49.0 Å². The molecule has 32 heavy (non-hydrogen) atoms. The van der Waals surface area contributed by atoms with Crippen LogP contribution in [0.5, 0.6) is 5.75 Å². The Morgan fingerprint density at radius 1 is 0.969 bits per heavy atom. The zero-order chi connectivity index (χ0) is 22.8. The zero-order valence-corrected chi connectivity index (χ0v) is 18.8. The molecule has 2 aromatic carbocycles. The molecule has 2 aromatic rings. The molecule has 1 aliphatic carbocycles. The van der Waals surface area contributed by atoms with Crippen LogP contribution in [-0.4, -0.2) is 58.1 Å². The molecule has 6 nitrogen and oxygen atoms in total. The molecule has 0 unspecified atom stereocenters. The van der Waals surface area contributed by atoms with Crippen molar-refractivity contribution >= 4 is 0 Å². The molecule has 2 aliphatic rings. The van der Waals surface area contributed by atoms with Gasteiger partial charge in [0.25, 0.3) is 0 Å². The van der Waals surface area contributed by atoms with Crippen LogP contribution < -0.4 is 4.74 Å². The van der Waals surface area contributed by atoms with Gasteiger partial charge in [-0.1, -0.05) is 25.1 Å². The summed E-state index contributed by atoms with van der Waals surface area (Å²) in [6, 6.07) is 10.2. The van der Waals surface area contributed by atoms with Crippen molar-refractivity contribution in [2.75, 3.05) is 13.2 Å². The molecule has 1 fully saturated rings. The second kappa shape index (κ2) is 9.89. The molecule has 5 atom stereocenters. The fourth-order valence-electron chi connectivity index (χ4n) is 5.25. The van der Waals surface area contributed by atoms with E-state index < -0.39 is 37.1 Å². The van der Waals surface area contributed by atoms with Crippen molar-refractivity contribution < 1.29 is 29.9 Å². The first-order chi connectivity index (χ1) is 15.5. The molecule has 0 saturated carbocycles. The van der Waals surface area contributed by atoms with Crippen molar-refractivity contribution in [3.8, 4) is 5.75 Å². The van der Waals surface area contributed by atoms with E-state index in [0.29, 0.717) is 6.61 Å². The van der Waals surface area contributed by atoms with E-state index in [1.807, 2.05) is 19.1 Å². The Hall–Kier alpha value is -1.96. The Morgan fingerprint density at radius 3 is 2.34 bits per heavy atom. The predicted octanol–water partition coefficient (Wildman–Crippen LogP) is 2.24. The van der Waals surface area contributed by atoms with Gasteiger partial charge in [-0.15, -0.1) is 0 Å². The van der Waals surface area contributed by atoms with Crippen molar-refractivity contribution in [2.45, 2.75) is 76.5 Å². The van der Waals surface area contributed by atoms with Crippen LogP contribution in [0.2, 0.25) is 0 Å². The number of benzene rings is 2. The number of rotatable bonds is 7. The summed E-state index contributed by atoms with van der Waals surface area (Å²) in [6.07, 6.45) is -1.06. The molecule has 1 heterocycles. The highest BCUT2D eigenvalue weighted by Crippen LogP contribution is 2.40. The van der Waals surface area contributed by atoms with Crippen molar-refractivity contribution in [3.63, 3.8) is 0 Å². The van der Waals surface area contributed by atoms with Crippen LogP contribution in [0.1, 0.15) is 59.8 Å². The Balaban J connectivity index is 1.73. The molecular weight excluding hydrogens is 408 g/mol. The summed E-state index contributed by atoms with van der Waals surface area (Å²) < 4.78 is 11.5. The molecule has 4 rings (SSSR count). The van der Waals surface area contributed by atoms with E-state index in [1.165, 1.54) is 22.3 Å². The second-order valence-corrected chi connectivity index (χ2v) is 8.77. The lowest BCUT2D eigenvalue weighted by atomic mass is 9.83. The van der Waals surface area contributed by atoms with Gasteiger partial charge in [-0.2, -0.15) is 0 Å². The fraction of sp³-hybridized carbons (Fsp3) is 0.538. The quantitative estimate of drug-likeness (QED) is 0.525. The largest absolute Gasteiger partial charge is 0.494 e. The minimum absolute atomic E-state index is 0.424. The molecule has 6 heteroatoms. The lowest BCUT2D eigenvalue weighted by molar-refractivity contribution is -0.231.